The van der Waals surface area contributed by atoms with E-state index in [0.29, 0.717) is 0 Å². The maximum absolute atomic E-state index is 5.21. The summed E-state index contributed by atoms with van der Waals surface area (Å²) in [6, 6.07) is 23.2. The Labute approximate surface area is 264 Å². The van der Waals surface area contributed by atoms with Gasteiger partial charge in [0.25, 0.3) is 0 Å². The van der Waals surface area contributed by atoms with Crippen LogP contribution < -0.4 is 24.8 Å². The zero-order chi connectivity index (χ0) is 25.3. The normalized spacial score (nSPS) is 16.2. The molecule has 0 saturated carbocycles. The molecule has 2 aliphatic rings. The predicted octanol–water partition coefficient (Wildman–Crippen LogP) is 0.00730. The number of pyridine rings is 1. The summed E-state index contributed by atoms with van der Waals surface area (Å²) in [7, 11) is 0. The number of halogens is 2. The first-order valence-corrected chi connectivity index (χ1v) is 14.2. The number of hydrogen-bond acceptors (Lipinski definition) is 5. The second-order valence-electron chi connectivity index (χ2n) is 10.8. The largest absolute Gasteiger partial charge is 2.00 e. The van der Waals surface area contributed by atoms with Crippen molar-refractivity contribution in [2.45, 2.75) is 51.9 Å². The van der Waals surface area contributed by atoms with Gasteiger partial charge in [0, 0.05) is 0 Å². The fourth-order valence-corrected chi connectivity index (χ4v) is 6.11. The Kier molecular flexibility index (Phi) is 10.9. The van der Waals surface area contributed by atoms with E-state index < -0.39 is 0 Å². The minimum Gasteiger partial charge on any atom is -1.00 e. The van der Waals surface area contributed by atoms with Gasteiger partial charge in [0.15, 0.2) is 11.6 Å². The number of hydrogen-bond donors (Lipinski definition) is 0. The van der Waals surface area contributed by atoms with Crippen LogP contribution in [0.1, 0.15) is 38.5 Å². The van der Waals surface area contributed by atoms with Crippen molar-refractivity contribution in [2.24, 2.45) is 0 Å². The number of benzene rings is 2. The van der Waals surface area contributed by atoms with Crippen molar-refractivity contribution in [1.82, 2.24) is 33.9 Å². The standard InChI is InChI=1S/C31H35N7.2ClH.Fe/c1-7-18-35(19-8-1)22-37-28-16-5-3-12-24(28)33-30(37)26-14-11-15-27(32-26)31-34-25-13-4-6-17-29(25)38(31)23-36-20-9-2-10-21-36;;;/h3-6,11-17H,1-2,7-10,18-23H2;2*1H;/q;;;+2/p-2. The van der Waals surface area contributed by atoms with Crippen LogP contribution in [0, 0.1) is 0 Å². The molecule has 7 rings (SSSR count). The van der Waals surface area contributed by atoms with Crippen LogP contribution in [0.3, 0.4) is 0 Å². The minimum absolute atomic E-state index is 0. The molecule has 0 spiro atoms. The van der Waals surface area contributed by atoms with Crippen LogP contribution in [0.4, 0.5) is 0 Å². The summed E-state index contributed by atoms with van der Waals surface area (Å²) in [6.45, 7) is 6.24. The molecular formula is C31H35Cl2FeN7. The summed E-state index contributed by atoms with van der Waals surface area (Å²) < 4.78 is 4.70. The molecule has 41 heavy (non-hydrogen) atoms. The molecular weight excluding hydrogens is 597 g/mol. The average molecular weight is 632 g/mol. The maximum Gasteiger partial charge on any atom is 2.00 e. The van der Waals surface area contributed by atoms with Gasteiger partial charge >= 0.3 is 17.1 Å². The molecule has 0 radical (unpaired) electrons. The molecule has 7 nitrogen and oxygen atoms in total. The van der Waals surface area contributed by atoms with Crippen LogP contribution in [-0.4, -0.2) is 60.1 Å². The van der Waals surface area contributed by atoms with Gasteiger partial charge in [-0.15, -0.1) is 0 Å². The average Bonchev–Trinajstić information content (AvgIpc) is 3.53. The van der Waals surface area contributed by atoms with Gasteiger partial charge in [-0.1, -0.05) is 43.2 Å². The van der Waals surface area contributed by atoms with Gasteiger partial charge in [-0.25, -0.2) is 15.0 Å². The van der Waals surface area contributed by atoms with Crippen molar-refractivity contribution >= 4 is 22.1 Å². The molecule has 5 aromatic rings. The molecule has 2 fully saturated rings. The number of piperidine rings is 2. The Balaban J connectivity index is 0.00000129. The Hall–Kier alpha value is -2.45. The summed E-state index contributed by atoms with van der Waals surface area (Å²) in [5.74, 6) is 1.86. The zero-order valence-electron chi connectivity index (χ0n) is 23.1. The second kappa shape index (κ2) is 14.1. The molecule has 0 bridgehead atoms. The van der Waals surface area contributed by atoms with Gasteiger partial charge in [0.2, 0.25) is 0 Å². The van der Waals surface area contributed by atoms with E-state index in [4.69, 9.17) is 15.0 Å². The quantitative estimate of drug-likeness (QED) is 0.247. The fourth-order valence-electron chi connectivity index (χ4n) is 6.11. The van der Waals surface area contributed by atoms with E-state index in [2.05, 4.69) is 85.7 Å². The van der Waals surface area contributed by atoms with E-state index in [1.807, 2.05) is 0 Å². The Morgan fingerprint density at radius 1 is 0.488 bits per heavy atom. The Bertz CT molecular complexity index is 1460. The summed E-state index contributed by atoms with van der Waals surface area (Å²) in [5.41, 5.74) is 6.16. The molecule has 5 heterocycles. The summed E-state index contributed by atoms with van der Waals surface area (Å²) >= 11 is 0. The number of likely N-dealkylation sites (tertiary alicyclic amines) is 2. The van der Waals surface area contributed by atoms with Gasteiger partial charge in [0.05, 0.1) is 35.4 Å². The molecule has 216 valence electrons. The first kappa shape index (κ1) is 31.5. The van der Waals surface area contributed by atoms with Crippen LogP contribution in [-0.2, 0) is 30.4 Å². The molecule has 0 N–H and O–H groups in total. The predicted molar refractivity (Wildman–Crippen MR) is 153 cm³/mol. The third-order valence-electron chi connectivity index (χ3n) is 8.10. The molecule has 0 atom stereocenters. The fraction of sp³-hybridized carbons (Fsp3) is 0.387. The SMILES string of the molecule is [Cl-].[Cl-].[Fe+2].c1cc(-c2nc3ccccc3n2CN2CCCCC2)nc(-c2nc3ccccc3n2CN2CCCCC2)c1. The number of aromatic nitrogens is 5. The van der Waals surface area contributed by atoms with Gasteiger partial charge in [-0.2, -0.15) is 0 Å². The number of fused-ring (bicyclic) bond motifs is 2. The van der Waals surface area contributed by atoms with Crippen molar-refractivity contribution in [1.29, 1.82) is 0 Å². The number of para-hydroxylation sites is 4. The summed E-state index contributed by atoms with van der Waals surface area (Å²) in [6.07, 6.45) is 7.73. The topological polar surface area (TPSA) is 55.0 Å². The number of rotatable bonds is 6. The van der Waals surface area contributed by atoms with Gasteiger partial charge in [-0.3, -0.25) is 9.80 Å². The molecule has 3 aromatic heterocycles. The second-order valence-corrected chi connectivity index (χ2v) is 10.8. The molecule has 0 unspecified atom stereocenters. The van der Waals surface area contributed by atoms with Crippen LogP contribution in [0.5, 0.6) is 0 Å². The van der Waals surface area contributed by atoms with Crippen molar-refractivity contribution in [3.8, 4) is 23.0 Å². The van der Waals surface area contributed by atoms with Gasteiger partial charge < -0.3 is 33.9 Å². The van der Waals surface area contributed by atoms with Crippen molar-refractivity contribution in [3.63, 3.8) is 0 Å². The van der Waals surface area contributed by atoms with E-state index in [1.165, 1.54) is 38.5 Å². The summed E-state index contributed by atoms with van der Waals surface area (Å²) in [5, 5.41) is 0. The first-order chi connectivity index (χ1) is 18.8. The van der Waals surface area contributed by atoms with E-state index in [-0.39, 0.29) is 41.9 Å². The van der Waals surface area contributed by atoms with E-state index in [9.17, 15) is 0 Å². The van der Waals surface area contributed by atoms with Crippen LogP contribution in [0.2, 0.25) is 0 Å². The summed E-state index contributed by atoms with van der Waals surface area (Å²) in [4.78, 5) is 20.5. The van der Waals surface area contributed by atoms with Crippen LogP contribution >= 0.6 is 0 Å². The monoisotopic (exact) mass is 631 g/mol. The van der Waals surface area contributed by atoms with Crippen LogP contribution in [0.25, 0.3) is 45.1 Å². The van der Waals surface area contributed by atoms with Crippen molar-refractivity contribution in [2.75, 3.05) is 26.2 Å². The Morgan fingerprint density at radius 2 is 0.902 bits per heavy atom. The van der Waals surface area contributed by atoms with Gasteiger partial charge in [0.1, 0.15) is 11.4 Å². The van der Waals surface area contributed by atoms with Crippen LogP contribution in [0.15, 0.2) is 66.7 Å². The third kappa shape index (κ3) is 6.48. The first-order valence-electron chi connectivity index (χ1n) is 14.2. The molecule has 2 aliphatic heterocycles. The zero-order valence-corrected chi connectivity index (χ0v) is 25.7. The van der Waals surface area contributed by atoms with Crippen molar-refractivity contribution < 1.29 is 41.9 Å². The molecule has 2 aromatic carbocycles. The molecule has 0 amide bonds. The number of imidazole rings is 2. The Morgan fingerprint density at radius 3 is 1.34 bits per heavy atom. The third-order valence-corrected chi connectivity index (χ3v) is 8.10. The van der Waals surface area contributed by atoms with E-state index in [1.54, 1.807) is 0 Å². The van der Waals surface area contributed by atoms with E-state index in [0.717, 1.165) is 84.6 Å². The molecule has 0 aliphatic carbocycles. The maximum atomic E-state index is 5.21. The van der Waals surface area contributed by atoms with Crippen molar-refractivity contribution in [3.05, 3.63) is 66.7 Å². The smallest absolute Gasteiger partial charge is 1.00 e. The molecule has 2 saturated heterocycles. The number of nitrogens with zero attached hydrogens (tertiary/aromatic N) is 7. The molecule has 10 heteroatoms. The van der Waals surface area contributed by atoms with Gasteiger partial charge in [-0.05, 0) is 88.3 Å². The minimum atomic E-state index is 0. The van der Waals surface area contributed by atoms with E-state index >= 15 is 0 Å².